The summed E-state index contributed by atoms with van der Waals surface area (Å²) < 4.78 is 0. The first-order valence-electron chi connectivity index (χ1n) is 5.76. The Labute approximate surface area is 104 Å². The average Bonchev–Trinajstić information content (AvgIpc) is 2.35. The second-order valence-electron chi connectivity index (χ2n) is 3.64. The summed E-state index contributed by atoms with van der Waals surface area (Å²) in [6, 6.07) is 0. The Kier molecular flexibility index (Phi) is 9.19. The molecule has 0 spiro atoms. The zero-order valence-electron chi connectivity index (χ0n) is 11.2. The molecular weight excluding hydrogens is 214 g/mol. The van der Waals surface area contributed by atoms with E-state index in [9.17, 15) is 0 Å². The molecule has 1 unspecified atom stereocenters. The summed E-state index contributed by atoms with van der Waals surface area (Å²) in [5.74, 6) is 0.410. The molecule has 96 valence electrons. The first kappa shape index (κ1) is 15.7. The van der Waals surface area contributed by atoms with Crippen molar-refractivity contribution >= 4 is 12.4 Å². The van der Waals surface area contributed by atoms with Gasteiger partial charge in [0.25, 0.3) is 0 Å². The third-order valence-electron chi connectivity index (χ3n) is 2.49. The van der Waals surface area contributed by atoms with Gasteiger partial charge in [0.15, 0.2) is 0 Å². The lowest BCUT2D eigenvalue weighted by Crippen LogP contribution is -2.13. The number of nitrogens with one attached hydrogen (secondary N) is 1. The zero-order chi connectivity index (χ0) is 13.1. The Morgan fingerprint density at radius 2 is 2.24 bits per heavy atom. The molecular formula is C13H23N3O. The fourth-order valence-electron chi connectivity index (χ4n) is 1.44. The fraction of sp³-hybridized carbons (Fsp3) is 0.538. The number of rotatable bonds is 8. The van der Waals surface area contributed by atoms with Gasteiger partial charge in [-0.2, -0.15) is 5.48 Å². The summed E-state index contributed by atoms with van der Waals surface area (Å²) in [7, 11) is 3.40. The van der Waals surface area contributed by atoms with E-state index < -0.39 is 0 Å². The maximum atomic E-state index is 4.75. The summed E-state index contributed by atoms with van der Waals surface area (Å²) >= 11 is 0. The summed E-state index contributed by atoms with van der Waals surface area (Å²) in [6.45, 7) is 8.43. The number of hydrogen-bond donors (Lipinski definition) is 1. The molecule has 0 saturated heterocycles. The lowest BCUT2D eigenvalue weighted by atomic mass is 9.96. The predicted octanol–water partition coefficient (Wildman–Crippen LogP) is 2.40. The Bertz CT molecular complexity index is 306. The van der Waals surface area contributed by atoms with Crippen LogP contribution in [0.4, 0.5) is 0 Å². The van der Waals surface area contributed by atoms with Gasteiger partial charge >= 0.3 is 0 Å². The topological polar surface area (TPSA) is 46.0 Å². The minimum atomic E-state index is 0.410. The summed E-state index contributed by atoms with van der Waals surface area (Å²) in [5.41, 5.74) is 4.79. The molecule has 0 heterocycles. The summed E-state index contributed by atoms with van der Waals surface area (Å²) in [4.78, 5) is 12.9. The molecule has 0 amide bonds. The predicted molar refractivity (Wildman–Crippen MR) is 74.6 cm³/mol. The molecule has 0 aromatic rings. The Hall–Kier alpha value is -1.26. The van der Waals surface area contributed by atoms with Gasteiger partial charge in [0.2, 0.25) is 0 Å². The van der Waals surface area contributed by atoms with Crippen LogP contribution < -0.4 is 5.48 Å². The van der Waals surface area contributed by atoms with Crippen LogP contribution in [-0.2, 0) is 4.84 Å². The maximum absolute atomic E-state index is 4.75. The SMILES string of the molecule is C=N/C=C(\C=C/CNOC)C(=NC)C(C)CC. The number of hydroxylamine groups is 1. The van der Waals surface area contributed by atoms with Gasteiger partial charge in [0.05, 0.1) is 7.11 Å². The van der Waals surface area contributed by atoms with Gasteiger partial charge in [0, 0.05) is 31.1 Å². The minimum Gasteiger partial charge on any atom is -0.305 e. The number of aliphatic imine (C=N–C) groups is 2. The van der Waals surface area contributed by atoms with E-state index in [0.29, 0.717) is 12.5 Å². The van der Waals surface area contributed by atoms with E-state index in [1.807, 2.05) is 12.2 Å². The summed E-state index contributed by atoms with van der Waals surface area (Å²) in [5, 5.41) is 0. The fourth-order valence-corrected chi connectivity index (χ4v) is 1.44. The van der Waals surface area contributed by atoms with Crippen molar-refractivity contribution in [3.63, 3.8) is 0 Å². The molecule has 0 aliphatic heterocycles. The van der Waals surface area contributed by atoms with Crippen molar-refractivity contribution in [2.45, 2.75) is 20.3 Å². The van der Waals surface area contributed by atoms with E-state index in [1.165, 1.54) is 0 Å². The van der Waals surface area contributed by atoms with Crippen molar-refractivity contribution in [1.29, 1.82) is 0 Å². The smallest absolute Gasteiger partial charge is 0.0572 e. The van der Waals surface area contributed by atoms with Gasteiger partial charge in [-0.05, 0) is 19.1 Å². The number of allylic oxidation sites excluding steroid dienone is 2. The lowest BCUT2D eigenvalue weighted by Gasteiger charge is -2.12. The normalized spacial score (nSPS) is 15.3. The quantitative estimate of drug-likeness (QED) is 0.305. The molecule has 0 rings (SSSR count). The highest BCUT2D eigenvalue weighted by Crippen LogP contribution is 2.13. The first-order valence-corrected chi connectivity index (χ1v) is 5.76. The van der Waals surface area contributed by atoms with Gasteiger partial charge in [-0.1, -0.05) is 26.0 Å². The van der Waals surface area contributed by atoms with E-state index in [1.54, 1.807) is 20.4 Å². The third-order valence-corrected chi connectivity index (χ3v) is 2.49. The molecule has 0 aliphatic rings. The standard InChI is InChI=1S/C13H23N3O/c1-6-11(2)13(15-4)12(10-14-3)8-7-9-16-17-5/h7-8,10-11,16H,3,6,9H2,1-2,4-5H3/b8-7-,12-10+,15-13?. The second kappa shape index (κ2) is 9.93. The van der Waals surface area contributed by atoms with E-state index in [-0.39, 0.29) is 0 Å². The van der Waals surface area contributed by atoms with Crippen molar-refractivity contribution in [2.24, 2.45) is 15.9 Å². The minimum absolute atomic E-state index is 0.410. The monoisotopic (exact) mass is 237 g/mol. The van der Waals surface area contributed by atoms with Crippen LogP contribution >= 0.6 is 0 Å². The van der Waals surface area contributed by atoms with Crippen LogP contribution in [-0.4, -0.2) is 33.1 Å². The Balaban J connectivity index is 4.78. The molecule has 1 atom stereocenters. The third kappa shape index (κ3) is 6.14. The van der Waals surface area contributed by atoms with Gasteiger partial charge < -0.3 is 4.84 Å². The Morgan fingerprint density at radius 1 is 1.53 bits per heavy atom. The molecule has 0 fully saturated rings. The van der Waals surface area contributed by atoms with Crippen LogP contribution in [0, 0.1) is 5.92 Å². The van der Waals surface area contributed by atoms with Crippen molar-refractivity contribution in [1.82, 2.24) is 5.48 Å². The van der Waals surface area contributed by atoms with Crippen molar-refractivity contribution in [3.8, 4) is 0 Å². The highest BCUT2D eigenvalue weighted by molar-refractivity contribution is 6.03. The highest BCUT2D eigenvalue weighted by Gasteiger charge is 2.10. The van der Waals surface area contributed by atoms with Crippen LogP contribution in [0.3, 0.4) is 0 Å². The van der Waals surface area contributed by atoms with Gasteiger partial charge in [-0.25, -0.2) is 0 Å². The molecule has 0 saturated carbocycles. The number of nitrogens with zero attached hydrogens (tertiary/aromatic N) is 2. The van der Waals surface area contributed by atoms with Gasteiger partial charge in [-0.3, -0.25) is 9.98 Å². The van der Waals surface area contributed by atoms with Crippen molar-refractivity contribution < 1.29 is 4.84 Å². The molecule has 1 N–H and O–H groups in total. The average molecular weight is 237 g/mol. The second-order valence-corrected chi connectivity index (χ2v) is 3.64. The van der Waals surface area contributed by atoms with E-state index in [0.717, 1.165) is 17.7 Å². The van der Waals surface area contributed by atoms with Crippen LogP contribution in [0.25, 0.3) is 0 Å². The van der Waals surface area contributed by atoms with Crippen LogP contribution in [0.5, 0.6) is 0 Å². The first-order chi connectivity index (χ1) is 8.21. The molecule has 0 aliphatic carbocycles. The van der Waals surface area contributed by atoms with Crippen LogP contribution in [0.1, 0.15) is 20.3 Å². The maximum Gasteiger partial charge on any atom is 0.0572 e. The van der Waals surface area contributed by atoms with Gasteiger partial charge in [0.1, 0.15) is 0 Å². The van der Waals surface area contributed by atoms with Crippen molar-refractivity contribution in [3.05, 3.63) is 23.9 Å². The molecule has 4 nitrogen and oxygen atoms in total. The summed E-state index contributed by atoms with van der Waals surface area (Å²) in [6.07, 6.45) is 6.73. The van der Waals surface area contributed by atoms with Gasteiger partial charge in [-0.15, -0.1) is 0 Å². The van der Waals surface area contributed by atoms with Crippen LogP contribution in [0.2, 0.25) is 0 Å². The lowest BCUT2D eigenvalue weighted by molar-refractivity contribution is 0.101. The van der Waals surface area contributed by atoms with Crippen LogP contribution in [0.15, 0.2) is 33.9 Å². The molecule has 0 aromatic heterocycles. The molecule has 4 heteroatoms. The highest BCUT2D eigenvalue weighted by atomic mass is 16.6. The van der Waals surface area contributed by atoms with E-state index >= 15 is 0 Å². The van der Waals surface area contributed by atoms with E-state index in [4.69, 9.17) is 4.84 Å². The molecule has 0 aromatic carbocycles. The molecule has 0 radical (unpaired) electrons. The molecule has 17 heavy (non-hydrogen) atoms. The molecule has 0 bridgehead atoms. The number of hydrogen-bond acceptors (Lipinski definition) is 4. The largest absolute Gasteiger partial charge is 0.305 e. The van der Waals surface area contributed by atoms with Crippen molar-refractivity contribution in [2.75, 3.05) is 20.7 Å². The zero-order valence-corrected chi connectivity index (χ0v) is 11.2. The van der Waals surface area contributed by atoms with E-state index in [2.05, 4.69) is 36.0 Å². The Morgan fingerprint density at radius 3 is 2.71 bits per heavy atom.